The summed E-state index contributed by atoms with van der Waals surface area (Å²) < 4.78 is 1.51. The van der Waals surface area contributed by atoms with Crippen LogP contribution in [0.3, 0.4) is 0 Å². The fourth-order valence-corrected chi connectivity index (χ4v) is 6.73. The molecule has 0 unspecified atom stereocenters. The lowest BCUT2D eigenvalue weighted by atomic mass is 9.77. The topological polar surface area (TPSA) is 93.1 Å². The summed E-state index contributed by atoms with van der Waals surface area (Å²) in [5, 5.41) is 6.93. The number of carbonyl (C=O) groups is 2. The summed E-state index contributed by atoms with van der Waals surface area (Å²) in [6.45, 7) is 0. The van der Waals surface area contributed by atoms with E-state index in [-0.39, 0.29) is 30.2 Å². The Kier molecular flexibility index (Phi) is 8.19. The minimum atomic E-state index is -0.983. The minimum absolute atomic E-state index is 0.00833. The standard InChI is InChI=1S/C40H34N4O3/c45-36(43-40(29-17-7-2-8-18-29,30-19-9-3-10-20-30)31-21-11-4-12-22-31)26-25-35-38(46)42-34(27-28-15-5-1-6-16-28)37-41-33-24-14-13-23-32(33)39(47)44(35)37/h1-24,34-35H,25-27H2,(H,42,46)(H,43,45)/t34-,35+/m1/s1. The van der Waals surface area contributed by atoms with E-state index in [2.05, 4.69) is 10.6 Å². The predicted molar refractivity (Wildman–Crippen MR) is 183 cm³/mol. The van der Waals surface area contributed by atoms with Crippen molar-refractivity contribution in [2.75, 3.05) is 0 Å². The Balaban J connectivity index is 1.24. The summed E-state index contributed by atoms with van der Waals surface area (Å²) >= 11 is 0. The number of aromatic nitrogens is 2. The van der Waals surface area contributed by atoms with Crippen LogP contribution in [0.25, 0.3) is 10.9 Å². The van der Waals surface area contributed by atoms with Gasteiger partial charge in [-0.1, -0.05) is 133 Å². The number of hydrogen-bond acceptors (Lipinski definition) is 4. The largest absolute Gasteiger partial charge is 0.344 e. The smallest absolute Gasteiger partial charge is 0.262 e. The predicted octanol–water partition coefficient (Wildman–Crippen LogP) is 6.24. The van der Waals surface area contributed by atoms with Gasteiger partial charge in [-0.2, -0.15) is 0 Å². The molecule has 6 aromatic rings. The van der Waals surface area contributed by atoms with Gasteiger partial charge in [0.25, 0.3) is 5.56 Å². The van der Waals surface area contributed by atoms with Crippen molar-refractivity contribution in [3.05, 3.63) is 184 Å². The molecule has 2 amide bonds. The van der Waals surface area contributed by atoms with Crippen molar-refractivity contribution in [3.8, 4) is 0 Å². The third kappa shape index (κ3) is 5.72. The zero-order valence-corrected chi connectivity index (χ0v) is 25.8. The van der Waals surface area contributed by atoms with E-state index in [1.807, 2.05) is 133 Å². The van der Waals surface area contributed by atoms with Crippen molar-refractivity contribution >= 4 is 22.7 Å². The maximum Gasteiger partial charge on any atom is 0.262 e. The van der Waals surface area contributed by atoms with E-state index in [9.17, 15) is 14.4 Å². The second-order valence-electron chi connectivity index (χ2n) is 11.9. The molecule has 0 spiro atoms. The molecule has 7 nitrogen and oxygen atoms in total. The average molecular weight is 619 g/mol. The van der Waals surface area contributed by atoms with Crippen LogP contribution in [0, 0.1) is 0 Å². The third-order valence-corrected chi connectivity index (χ3v) is 8.95. The summed E-state index contributed by atoms with van der Waals surface area (Å²) in [5.74, 6) is -0.0512. The molecule has 5 aromatic carbocycles. The number of para-hydroxylation sites is 1. The van der Waals surface area contributed by atoms with Gasteiger partial charge < -0.3 is 10.6 Å². The second kappa shape index (κ2) is 12.9. The third-order valence-electron chi connectivity index (χ3n) is 8.95. The Labute approximate surface area is 272 Å². The maximum absolute atomic E-state index is 14.1. The molecule has 0 saturated carbocycles. The van der Waals surface area contributed by atoms with E-state index in [1.54, 1.807) is 12.1 Å². The number of hydrogen-bond donors (Lipinski definition) is 2. The maximum atomic E-state index is 14.1. The van der Waals surface area contributed by atoms with Crippen LogP contribution in [0.2, 0.25) is 0 Å². The van der Waals surface area contributed by atoms with Crippen molar-refractivity contribution in [3.63, 3.8) is 0 Å². The number of carbonyl (C=O) groups excluding carboxylic acids is 2. The van der Waals surface area contributed by atoms with Crippen LogP contribution in [0.5, 0.6) is 0 Å². The van der Waals surface area contributed by atoms with Crippen molar-refractivity contribution in [1.29, 1.82) is 0 Å². The van der Waals surface area contributed by atoms with Crippen LogP contribution in [0.1, 0.15) is 53.0 Å². The summed E-state index contributed by atoms with van der Waals surface area (Å²) in [6.07, 6.45) is 0.615. The molecule has 0 saturated heterocycles. The number of rotatable bonds is 9. The number of nitrogens with zero attached hydrogens (tertiary/aromatic N) is 2. The van der Waals surface area contributed by atoms with Gasteiger partial charge in [-0.15, -0.1) is 0 Å². The molecule has 7 rings (SSSR count). The van der Waals surface area contributed by atoms with Gasteiger partial charge in [-0.05, 0) is 47.2 Å². The summed E-state index contributed by atoms with van der Waals surface area (Å²) in [7, 11) is 0. The van der Waals surface area contributed by atoms with Crippen LogP contribution >= 0.6 is 0 Å². The van der Waals surface area contributed by atoms with E-state index in [4.69, 9.17) is 4.98 Å². The van der Waals surface area contributed by atoms with Crippen molar-refractivity contribution in [2.45, 2.75) is 36.9 Å². The highest BCUT2D eigenvalue weighted by atomic mass is 16.2. The molecule has 0 radical (unpaired) electrons. The average Bonchev–Trinajstić information content (AvgIpc) is 3.12. The molecule has 2 N–H and O–H groups in total. The van der Waals surface area contributed by atoms with Crippen LogP contribution in [-0.2, 0) is 21.5 Å². The summed E-state index contributed by atoms with van der Waals surface area (Å²) in [5.41, 5.74) is 3.04. The number of nitrogens with one attached hydrogen (secondary N) is 2. The van der Waals surface area contributed by atoms with E-state index in [1.165, 1.54) is 4.57 Å². The van der Waals surface area contributed by atoms with Gasteiger partial charge >= 0.3 is 0 Å². The first kappa shape index (κ1) is 29.9. The minimum Gasteiger partial charge on any atom is -0.344 e. The summed E-state index contributed by atoms with van der Waals surface area (Å²) in [4.78, 5) is 46.8. The molecule has 0 aliphatic carbocycles. The van der Waals surface area contributed by atoms with Gasteiger partial charge in [0.15, 0.2) is 0 Å². The highest BCUT2D eigenvalue weighted by Crippen LogP contribution is 2.37. The molecule has 1 aliphatic rings. The van der Waals surface area contributed by atoms with Gasteiger partial charge in [-0.3, -0.25) is 19.0 Å². The molecular formula is C40H34N4O3. The fraction of sp³-hybridized carbons (Fsp3) is 0.150. The highest BCUT2D eigenvalue weighted by molar-refractivity contribution is 5.85. The Bertz CT molecular complexity index is 1980. The van der Waals surface area contributed by atoms with E-state index >= 15 is 0 Å². The molecule has 47 heavy (non-hydrogen) atoms. The van der Waals surface area contributed by atoms with Gasteiger partial charge in [0.1, 0.15) is 17.4 Å². The summed E-state index contributed by atoms with van der Waals surface area (Å²) in [6, 6.07) is 45.3. The quantitative estimate of drug-likeness (QED) is 0.188. The number of fused-ring (bicyclic) bond motifs is 2. The van der Waals surface area contributed by atoms with Crippen molar-refractivity contribution in [2.24, 2.45) is 0 Å². The van der Waals surface area contributed by atoms with E-state index < -0.39 is 17.6 Å². The lowest BCUT2D eigenvalue weighted by molar-refractivity contribution is -0.127. The van der Waals surface area contributed by atoms with Crippen molar-refractivity contribution < 1.29 is 9.59 Å². The molecule has 2 heterocycles. The molecule has 1 aromatic heterocycles. The molecule has 0 bridgehead atoms. The molecule has 7 heteroatoms. The fourth-order valence-electron chi connectivity index (χ4n) is 6.73. The lowest BCUT2D eigenvalue weighted by Crippen LogP contribution is -2.50. The first-order valence-electron chi connectivity index (χ1n) is 15.9. The first-order valence-corrected chi connectivity index (χ1v) is 15.9. The molecule has 232 valence electrons. The van der Waals surface area contributed by atoms with Crippen molar-refractivity contribution in [1.82, 2.24) is 20.2 Å². The normalized spacial score (nSPS) is 15.9. The number of benzene rings is 5. The lowest BCUT2D eigenvalue weighted by Gasteiger charge is -2.37. The van der Waals surface area contributed by atoms with Crippen LogP contribution in [0.15, 0.2) is 150 Å². The Hall–Kier alpha value is -5.82. The van der Waals surface area contributed by atoms with Crippen LogP contribution in [-0.4, -0.2) is 21.4 Å². The SMILES string of the molecule is O=C(CC[C@H]1C(=O)N[C@H](Cc2ccccc2)c2nc3ccccc3c(=O)n21)NC(c1ccccc1)(c1ccccc1)c1ccccc1. The van der Waals surface area contributed by atoms with Gasteiger partial charge in [0.05, 0.1) is 16.9 Å². The van der Waals surface area contributed by atoms with E-state index in [0.29, 0.717) is 23.1 Å². The highest BCUT2D eigenvalue weighted by Gasteiger charge is 2.39. The second-order valence-corrected chi connectivity index (χ2v) is 11.9. The van der Waals surface area contributed by atoms with Crippen LogP contribution < -0.4 is 16.2 Å². The van der Waals surface area contributed by atoms with Crippen LogP contribution in [0.4, 0.5) is 0 Å². The van der Waals surface area contributed by atoms with Gasteiger partial charge in [-0.25, -0.2) is 4.98 Å². The van der Waals surface area contributed by atoms with E-state index in [0.717, 1.165) is 22.3 Å². The van der Waals surface area contributed by atoms with Gasteiger partial charge in [0.2, 0.25) is 11.8 Å². The monoisotopic (exact) mass is 618 g/mol. The zero-order chi connectivity index (χ0) is 32.2. The Morgan fingerprint density at radius 3 is 1.79 bits per heavy atom. The number of amides is 2. The molecular weight excluding hydrogens is 584 g/mol. The zero-order valence-electron chi connectivity index (χ0n) is 25.8. The van der Waals surface area contributed by atoms with Gasteiger partial charge in [0, 0.05) is 6.42 Å². The molecule has 1 aliphatic heterocycles. The molecule has 0 fully saturated rings. The molecule has 2 atom stereocenters. The Morgan fingerprint density at radius 2 is 1.21 bits per heavy atom. The Morgan fingerprint density at radius 1 is 0.702 bits per heavy atom. The first-order chi connectivity index (χ1) is 23.0.